The van der Waals surface area contributed by atoms with Crippen LogP contribution in [0.25, 0.3) is 0 Å². The average molecular weight is 481 g/mol. The van der Waals surface area contributed by atoms with Crippen molar-refractivity contribution in [2.45, 2.75) is 32.2 Å². The predicted octanol–water partition coefficient (Wildman–Crippen LogP) is 1.51. The topological polar surface area (TPSA) is 119 Å². The van der Waals surface area contributed by atoms with E-state index in [1.165, 1.54) is 28.2 Å². The van der Waals surface area contributed by atoms with Gasteiger partial charge in [-0.2, -0.15) is 4.31 Å². The number of carbonyl (C=O) groups is 2. The maximum Gasteiger partial charge on any atom is 0.268 e. The Bertz CT molecular complexity index is 1080. The highest BCUT2D eigenvalue weighted by molar-refractivity contribution is 7.89. The number of hydrogen-bond acceptors (Lipinski definition) is 6. The first-order valence-electron chi connectivity index (χ1n) is 10.7. The molecule has 0 spiro atoms. The van der Waals surface area contributed by atoms with Gasteiger partial charge in [0.2, 0.25) is 10.0 Å². The molecule has 2 amide bonds. The fourth-order valence-electron chi connectivity index (χ4n) is 3.22. The predicted molar refractivity (Wildman–Crippen MR) is 124 cm³/mol. The van der Waals surface area contributed by atoms with Crippen molar-refractivity contribution in [1.82, 2.24) is 19.5 Å². The third-order valence-electron chi connectivity index (χ3n) is 4.97. The number of hydrogen-bond donors (Lipinski definition) is 2. The van der Waals surface area contributed by atoms with E-state index >= 15 is 0 Å². The molecule has 0 saturated heterocycles. The van der Waals surface area contributed by atoms with Crippen LogP contribution in [0.4, 0.5) is 0 Å². The molecule has 0 bridgehead atoms. The summed E-state index contributed by atoms with van der Waals surface area (Å²) >= 11 is 0. The summed E-state index contributed by atoms with van der Waals surface area (Å²) in [6.45, 7) is 6.62. The van der Waals surface area contributed by atoms with Gasteiger partial charge in [0.1, 0.15) is 10.6 Å². The lowest BCUT2D eigenvalue weighted by Gasteiger charge is -2.17. The van der Waals surface area contributed by atoms with E-state index in [0.717, 1.165) is 5.56 Å². The molecule has 0 aliphatic rings. The van der Waals surface area contributed by atoms with Gasteiger partial charge in [0.15, 0.2) is 18.1 Å². The Balaban J connectivity index is 2.09. The molecule has 0 aliphatic carbocycles. The molecular formula is C22H32N4O6S. The number of ether oxygens (including phenoxy) is 2. The average Bonchev–Trinajstić information content (AvgIpc) is 3.19. The Morgan fingerprint density at radius 2 is 1.76 bits per heavy atom. The standard InChI is InChI=1S/C22H32N4O6S/c1-6-23-21(27)15-32-19-10-9-16(11-20(19)31-5)13-24-22(28)18-12-17(14-25(18)4)33(29,30)26(7-2)8-3/h9-12,14H,6-8,13,15H2,1-5H3,(H,23,27)(H,24,28). The number of aryl methyl sites for hydroxylation is 1. The van der Waals surface area contributed by atoms with E-state index in [9.17, 15) is 18.0 Å². The number of amides is 2. The van der Waals surface area contributed by atoms with Gasteiger partial charge in [0, 0.05) is 39.4 Å². The lowest BCUT2D eigenvalue weighted by molar-refractivity contribution is -0.123. The van der Waals surface area contributed by atoms with Crippen molar-refractivity contribution in [3.05, 3.63) is 41.7 Å². The van der Waals surface area contributed by atoms with Crippen LogP contribution in [0.1, 0.15) is 36.8 Å². The third-order valence-corrected chi connectivity index (χ3v) is 6.98. The van der Waals surface area contributed by atoms with Crippen LogP contribution in [-0.2, 0) is 28.4 Å². The molecule has 0 saturated carbocycles. The fourth-order valence-corrected chi connectivity index (χ4v) is 4.75. The van der Waals surface area contributed by atoms with Gasteiger partial charge in [0.05, 0.1) is 7.11 Å². The number of sulfonamides is 1. The molecule has 1 heterocycles. The number of nitrogens with one attached hydrogen (secondary N) is 2. The molecule has 1 aromatic carbocycles. The van der Waals surface area contributed by atoms with Gasteiger partial charge >= 0.3 is 0 Å². The Labute approximate surface area is 194 Å². The van der Waals surface area contributed by atoms with Gasteiger partial charge < -0.3 is 24.7 Å². The lowest BCUT2D eigenvalue weighted by Crippen LogP contribution is -2.30. The largest absolute Gasteiger partial charge is 0.493 e. The highest BCUT2D eigenvalue weighted by atomic mass is 32.2. The minimum Gasteiger partial charge on any atom is -0.493 e. The van der Waals surface area contributed by atoms with Crippen LogP contribution in [0.3, 0.4) is 0 Å². The summed E-state index contributed by atoms with van der Waals surface area (Å²) in [4.78, 5) is 24.4. The van der Waals surface area contributed by atoms with Crippen LogP contribution < -0.4 is 20.1 Å². The molecule has 0 radical (unpaired) electrons. The van der Waals surface area contributed by atoms with E-state index in [2.05, 4.69) is 10.6 Å². The summed E-state index contributed by atoms with van der Waals surface area (Å²) in [6.07, 6.45) is 1.44. The fraction of sp³-hybridized carbons (Fsp3) is 0.455. The highest BCUT2D eigenvalue weighted by Gasteiger charge is 2.25. The maximum absolute atomic E-state index is 12.7. The van der Waals surface area contributed by atoms with Crippen molar-refractivity contribution >= 4 is 21.8 Å². The Morgan fingerprint density at radius 1 is 1.06 bits per heavy atom. The molecule has 0 fully saturated rings. The van der Waals surface area contributed by atoms with Gasteiger partial charge in [0.25, 0.3) is 11.8 Å². The molecule has 0 unspecified atom stereocenters. The molecule has 1 aromatic heterocycles. The van der Waals surface area contributed by atoms with Gasteiger partial charge in [-0.1, -0.05) is 19.9 Å². The summed E-state index contributed by atoms with van der Waals surface area (Å²) in [7, 11) is -0.549. The summed E-state index contributed by atoms with van der Waals surface area (Å²) in [5.74, 6) is 0.194. The minimum absolute atomic E-state index is 0.0779. The number of aromatic nitrogens is 1. The summed E-state index contributed by atoms with van der Waals surface area (Å²) < 4.78 is 39.1. The van der Waals surface area contributed by atoms with Crippen LogP contribution in [0.5, 0.6) is 11.5 Å². The molecule has 0 atom stereocenters. The normalized spacial score (nSPS) is 11.3. The van der Waals surface area contributed by atoms with E-state index < -0.39 is 15.9 Å². The molecule has 2 N–H and O–H groups in total. The monoisotopic (exact) mass is 480 g/mol. The number of likely N-dealkylation sites (N-methyl/N-ethyl adjacent to an activating group) is 1. The maximum atomic E-state index is 12.7. The second-order valence-corrected chi connectivity index (χ2v) is 9.11. The summed E-state index contributed by atoms with van der Waals surface area (Å²) in [6, 6.07) is 6.49. The van der Waals surface area contributed by atoms with E-state index in [4.69, 9.17) is 9.47 Å². The zero-order chi connectivity index (χ0) is 24.6. The number of rotatable bonds is 12. The van der Waals surface area contributed by atoms with Crippen molar-refractivity contribution in [3.8, 4) is 11.5 Å². The van der Waals surface area contributed by atoms with E-state index in [1.54, 1.807) is 39.1 Å². The SMILES string of the molecule is CCNC(=O)COc1ccc(CNC(=O)c2cc(S(=O)(=O)N(CC)CC)cn2C)cc1OC. The lowest BCUT2D eigenvalue weighted by atomic mass is 10.2. The van der Waals surface area contributed by atoms with Crippen molar-refractivity contribution in [3.63, 3.8) is 0 Å². The Hall–Kier alpha value is -3.05. The summed E-state index contributed by atoms with van der Waals surface area (Å²) in [5.41, 5.74) is 0.977. The second kappa shape index (κ2) is 11.7. The van der Waals surface area contributed by atoms with Gasteiger partial charge in [-0.05, 0) is 30.7 Å². The summed E-state index contributed by atoms with van der Waals surface area (Å²) in [5, 5.41) is 5.43. The molecule has 33 heavy (non-hydrogen) atoms. The third kappa shape index (κ3) is 6.48. The first-order valence-corrected chi connectivity index (χ1v) is 12.1. The van der Waals surface area contributed by atoms with Crippen molar-refractivity contribution in [2.24, 2.45) is 7.05 Å². The molecule has 182 valence electrons. The van der Waals surface area contributed by atoms with E-state index in [-0.39, 0.29) is 29.6 Å². The molecule has 2 rings (SSSR count). The molecular weight excluding hydrogens is 448 g/mol. The smallest absolute Gasteiger partial charge is 0.268 e. The van der Waals surface area contributed by atoms with Gasteiger partial charge in [-0.15, -0.1) is 0 Å². The Morgan fingerprint density at radius 3 is 2.36 bits per heavy atom. The Kier molecular flexibility index (Phi) is 9.30. The van der Waals surface area contributed by atoms with E-state index in [1.807, 2.05) is 6.92 Å². The molecule has 11 heteroatoms. The first-order chi connectivity index (χ1) is 15.7. The van der Waals surface area contributed by atoms with Gasteiger partial charge in [-0.25, -0.2) is 8.42 Å². The van der Waals surface area contributed by atoms with Crippen LogP contribution in [0.15, 0.2) is 35.4 Å². The van der Waals surface area contributed by atoms with Crippen molar-refractivity contribution in [2.75, 3.05) is 33.4 Å². The van der Waals surface area contributed by atoms with Gasteiger partial charge in [-0.3, -0.25) is 9.59 Å². The van der Waals surface area contributed by atoms with E-state index in [0.29, 0.717) is 31.1 Å². The zero-order valence-corrected chi connectivity index (χ0v) is 20.5. The number of methoxy groups -OCH3 is 1. The highest BCUT2D eigenvalue weighted by Crippen LogP contribution is 2.28. The first kappa shape index (κ1) is 26.2. The molecule has 10 nitrogen and oxygen atoms in total. The molecule has 2 aromatic rings. The van der Waals surface area contributed by atoms with Crippen LogP contribution in [0.2, 0.25) is 0 Å². The number of carbonyl (C=O) groups excluding carboxylic acids is 2. The van der Waals surface area contributed by atoms with Crippen LogP contribution in [0, 0.1) is 0 Å². The number of benzene rings is 1. The van der Waals surface area contributed by atoms with Crippen molar-refractivity contribution in [1.29, 1.82) is 0 Å². The zero-order valence-electron chi connectivity index (χ0n) is 19.7. The van der Waals surface area contributed by atoms with Crippen LogP contribution >= 0.6 is 0 Å². The minimum atomic E-state index is -3.66. The second-order valence-electron chi connectivity index (χ2n) is 7.17. The quantitative estimate of drug-likeness (QED) is 0.475. The molecule has 0 aliphatic heterocycles. The van der Waals surface area contributed by atoms with Crippen LogP contribution in [-0.4, -0.2) is 62.5 Å². The number of nitrogens with zero attached hydrogens (tertiary/aromatic N) is 2. The van der Waals surface area contributed by atoms with Crippen molar-refractivity contribution < 1.29 is 27.5 Å².